The predicted octanol–water partition coefficient (Wildman–Crippen LogP) is 3.08. The molecule has 7 nitrogen and oxygen atoms in total. The molecular weight excluding hydrogens is 412 g/mol. The van der Waals surface area contributed by atoms with Gasteiger partial charge >= 0.3 is 0 Å². The van der Waals surface area contributed by atoms with Crippen molar-refractivity contribution in [3.63, 3.8) is 0 Å². The second-order valence-corrected chi connectivity index (χ2v) is 10.7. The van der Waals surface area contributed by atoms with Crippen LogP contribution < -0.4 is 4.90 Å². The lowest BCUT2D eigenvalue weighted by Gasteiger charge is -2.41. The minimum Gasteiger partial charge on any atom is -0.365 e. The van der Waals surface area contributed by atoms with E-state index >= 15 is 0 Å². The van der Waals surface area contributed by atoms with Gasteiger partial charge in [0.1, 0.15) is 10.6 Å². The molecular formula is C23H32N4O3S. The number of aromatic nitrogens is 1. The number of H-pyrrole nitrogens is 1. The number of benzene rings is 1. The Hall–Kier alpha value is -2.32. The van der Waals surface area contributed by atoms with Gasteiger partial charge in [-0.3, -0.25) is 4.79 Å². The van der Waals surface area contributed by atoms with E-state index < -0.39 is 10.0 Å². The number of carbonyl (C=O) groups excluding carboxylic acids is 1. The van der Waals surface area contributed by atoms with Gasteiger partial charge in [0.25, 0.3) is 5.91 Å². The molecule has 168 valence electrons. The average Bonchev–Trinajstić information content (AvgIpc) is 3.36. The second-order valence-electron chi connectivity index (χ2n) is 8.82. The van der Waals surface area contributed by atoms with E-state index in [1.807, 2.05) is 4.90 Å². The van der Waals surface area contributed by atoms with E-state index in [2.05, 4.69) is 48.0 Å². The Labute approximate surface area is 185 Å². The molecule has 1 aromatic carbocycles. The molecule has 2 aliphatic rings. The van der Waals surface area contributed by atoms with E-state index in [4.69, 9.17) is 0 Å². The second kappa shape index (κ2) is 8.31. The number of amides is 1. The van der Waals surface area contributed by atoms with Crippen molar-refractivity contribution in [1.82, 2.24) is 14.2 Å². The van der Waals surface area contributed by atoms with Gasteiger partial charge in [-0.2, -0.15) is 4.31 Å². The zero-order chi connectivity index (χ0) is 22.3. The molecule has 31 heavy (non-hydrogen) atoms. The number of hydrogen-bond acceptors (Lipinski definition) is 4. The van der Waals surface area contributed by atoms with Crippen molar-refractivity contribution in [1.29, 1.82) is 0 Å². The standard InChI is InChI=1S/C23H32N4O3S/c1-16-8-7-9-20(14-16)27-13-12-25(15-17(27)2)23(28)21-18(3)22(19(4)24-21)31(29,30)26-10-5-6-11-26/h7-9,14,17,24H,5-6,10-13,15H2,1-4H3/t17-/m1/s1. The highest BCUT2D eigenvalue weighted by Crippen LogP contribution is 2.30. The van der Waals surface area contributed by atoms with E-state index in [9.17, 15) is 13.2 Å². The van der Waals surface area contributed by atoms with E-state index in [0.29, 0.717) is 43.1 Å². The molecule has 0 radical (unpaired) electrons. The summed E-state index contributed by atoms with van der Waals surface area (Å²) in [5, 5.41) is 0. The van der Waals surface area contributed by atoms with E-state index in [-0.39, 0.29) is 16.8 Å². The van der Waals surface area contributed by atoms with Gasteiger partial charge in [-0.05, 0) is 63.8 Å². The maximum Gasteiger partial charge on any atom is 0.270 e. The Morgan fingerprint density at radius 3 is 2.42 bits per heavy atom. The Morgan fingerprint density at radius 1 is 1.06 bits per heavy atom. The lowest BCUT2D eigenvalue weighted by atomic mass is 10.1. The smallest absolute Gasteiger partial charge is 0.270 e. The van der Waals surface area contributed by atoms with Crippen LogP contribution in [0, 0.1) is 20.8 Å². The summed E-state index contributed by atoms with van der Waals surface area (Å²) in [4.78, 5) is 20.9. The molecule has 0 bridgehead atoms. The highest BCUT2D eigenvalue weighted by Gasteiger charge is 2.35. The monoisotopic (exact) mass is 444 g/mol. The first kappa shape index (κ1) is 21.9. The number of rotatable bonds is 4. The summed E-state index contributed by atoms with van der Waals surface area (Å²) in [6, 6.07) is 8.58. The maximum absolute atomic E-state index is 13.3. The number of piperazine rings is 1. The van der Waals surface area contributed by atoms with E-state index in [1.54, 1.807) is 13.8 Å². The zero-order valence-electron chi connectivity index (χ0n) is 18.8. The number of anilines is 1. The quantitative estimate of drug-likeness (QED) is 0.786. The first-order chi connectivity index (χ1) is 14.7. The minimum atomic E-state index is -3.58. The van der Waals surface area contributed by atoms with Crippen molar-refractivity contribution in [2.24, 2.45) is 0 Å². The summed E-state index contributed by atoms with van der Waals surface area (Å²) in [6.45, 7) is 10.7. The largest absolute Gasteiger partial charge is 0.365 e. The van der Waals surface area contributed by atoms with E-state index in [0.717, 1.165) is 19.4 Å². The highest BCUT2D eigenvalue weighted by atomic mass is 32.2. The van der Waals surface area contributed by atoms with Crippen molar-refractivity contribution >= 4 is 21.6 Å². The molecule has 0 unspecified atom stereocenters. The topological polar surface area (TPSA) is 76.7 Å². The molecule has 2 aromatic rings. The lowest BCUT2D eigenvalue weighted by molar-refractivity contribution is 0.0720. The number of nitrogens with zero attached hydrogens (tertiary/aromatic N) is 3. The van der Waals surface area contributed by atoms with Gasteiger partial charge in [-0.1, -0.05) is 12.1 Å². The number of aromatic amines is 1. The van der Waals surface area contributed by atoms with Crippen LogP contribution in [0.15, 0.2) is 29.2 Å². The molecule has 1 amide bonds. The molecule has 0 saturated carbocycles. The molecule has 2 saturated heterocycles. The highest BCUT2D eigenvalue weighted by molar-refractivity contribution is 7.89. The van der Waals surface area contributed by atoms with Crippen LogP contribution in [0.2, 0.25) is 0 Å². The van der Waals surface area contributed by atoms with Crippen LogP contribution in [0.3, 0.4) is 0 Å². The fourth-order valence-corrected chi connectivity index (χ4v) is 6.81. The summed E-state index contributed by atoms with van der Waals surface area (Å²) < 4.78 is 27.8. The third-order valence-corrected chi connectivity index (χ3v) is 8.67. The summed E-state index contributed by atoms with van der Waals surface area (Å²) >= 11 is 0. The van der Waals surface area contributed by atoms with Gasteiger partial charge in [0.15, 0.2) is 0 Å². The Kier molecular flexibility index (Phi) is 5.87. The molecule has 2 fully saturated rings. The maximum atomic E-state index is 13.3. The van der Waals surface area contributed by atoms with Gasteiger partial charge in [0, 0.05) is 50.1 Å². The van der Waals surface area contributed by atoms with Crippen LogP contribution in [0.1, 0.15) is 47.1 Å². The summed E-state index contributed by atoms with van der Waals surface area (Å²) in [6.07, 6.45) is 1.77. The van der Waals surface area contributed by atoms with Crippen LogP contribution in [0.4, 0.5) is 5.69 Å². The van der Waals surface area contributed by atoms with Crippen LogP contribution >= 0.6 is 0 Å². The van der Waals surface area contributed by atoms with Gasteiger partial charge < -0.3 is 14.8 Å². The molecule has 3 heterocycles. The normalized spacial score (nSPS) is 20.5. The summed E-state index contributed by atoms with van der Waals surface area (Å²) in [7, 11) is -3.58. The van der Waals surface area contributed by atoms with Gasteiger partial charge in [-0.15, -0.1) is 0 Å². The lowest BCUT2D eigenvalue weighted by Crippen LogP contribution is -2.54. The van der Waals surface area contributed by atoms with Gasteiger partial charge in [0.2, 0.25) is 10.0 Å². The predicted molar refractivity (Wildman–Crippen MR) is 122 cm³/mol. The molecule has 0 aliphatic carbocycles. The molecule has 1 aromatic heterocycles. The van der Waals surface area contributed by atoms with Crippen LogP contribution in [-0.4, -0.2) is 67.3 Å². The fraction of sp³-hybridized carbons (Fsp3) is 0.522. The van der Waals surface area contributed by atoms with Gasteiger partial charge in [0.05, 0.1) is 0 Å². The molecule has 1 N–H and O–H groups in total. The first-order valence-electron chi connectivity index (χ1n) is 11.0. The van der Waals surface area contributed by atoms with Crippen molar-refractivity contribution in [3.05, 3.63) is 46.8 Å². The molecule has 2 aliphatic heterocycles. The number of aryl methyl sites for hydroxylation is 2. The Morgan fingerprint density at radius 2 is 1.77 bits per heavy atom. The third kappa shape index (κ3) is 3.99. The molecule has 8 heteroatoms. The third-order valence-electron chi connectivity index (χ3n) is 6.49. The molecule has 0 spiro atoms. The number of nitrogens with one attached hydrogen (secondary N) is 1. The number of sulfonamides is 1. The van der Waals surface area contributed by atoms with Crippen LogP contribution in [-0.2, 0) is 10.0 Å². The van der Waals surface area contributed by atoms with Crippen molar-refractivity contribution < 1.29 is 13.2 Å². The van der Waals surface area contributed by atoms with E-state index in [1.165, 1.54) is 15.6 Å². The molecule has 4 rings (SSSR count). The van der Waals surface area contributed by atoms with Crippen molar-refractivity contribution in [3.8, 4) is 0 Å². The fourth-order valence-electron chi connectivity index (χ4n) is 4.88. The van der Waals surface area contributed by atoms with Crippen LogP contribution in [0.25, 0.3) is 0 Å². The van der Waals surface area contributed by atoms with Crippen molar-refractivity contribution in [2.75, 3.05) is 37.6 Å². The first-order valence-corrected chi connectivity index (χ1v) is 12.5. The number of hydrogen-bond donors (Lipinski definition) is 1. The average molecular weight is 445 g/mol. The molecule has 1 atom stereocenters. The zero-order valence-corrected chi connectivity index (χ0v) is 19.6. The number of carbonyl (C=O) groups is 1. The summed E-state index contributed by atoms with van der Waals surface area (Å²) in [5.41, 5.74) is 3.85. The van der Waals surface area contributed by atoms with Gasteiger partial charge in [-0.25, -0.2) is 8.42 Å². The Balaban J connectivity index is 1.54. The Bertz CT molecular complexity index is 1090. The summed E-state index contributed by atoms with van der Waals surface area (Å²) in [5.74, 6) is -0.126. The van der Waals surface area contributed by atoms with Crippen molar-refractivity contribution in [2.45, 2.75) is 51.5 Å². The minimum absolute atomic E-state index is 0.126. The SMILES string of the molecule is Cc1cccc(N2CCN(C(=O)c3[nH]c(C)c(S(=O)(=O)N4CCCC4)c3C)C[C@H]2C)c1. The van der Waals surface area contributed by atoms with Crippen LogP contribution in [0.5, 0.6) is 0 Å².